The lowest BCUT2D eigenvalue weighted by molar-refractivity contribution is -0.140. The van der Waals surface area contributed by atoms with Gasteiger partial charge in [-0.25, -0.2) is 0 Å². The molecule has 1 fully saturated rings. The first-order valence-corrected chi connectivity index (χ1v) is 9.97. The normalized spacial score (nSPS) is 19.6. The number of nitrogens with zero attached hydrogens (tertiary/aromatic N) is 2. The van der Waals surface area contributed by atoms with Crippen molar-refractivity contribution >= 4 is 11.8 Å². The van der Waals surface area contributed by atoms with E-state index in [0.717, 1.165) is 23.1 Å². The number of hydrogen-bond acceptors (Lipinski definition) is 3. The van der Waals surface area contributed by atoms with Crippen molar-refractivity contribution in [3.8, 4) is 11.1 Å². The Balaban J connectivity index is 1.90. The van der Waals surface area contributed by atoms with Crippen LogP contribution in [0.4, 0.5) is 0 Å². The smallest absolute Gasteiger partial charge is 0.225 e. The first kappa shape index (κ1) is 20.1. The van der Waals surface area contributed by atoms with E-state index in [-0.39, 0.29) is 11.8 Å². The van der Waals surface area contributed by atoms with E-state index >= 15 is 0 Å². The topological polar surface area (TPSA) is 76.3 Å². The van der Waals surface area contributed by atoms with E-state index in [4.69, 9.17) is 5.73 Å². The Kier molecular flexibility index (Phi) is 6.12. The number of primary amides is 1. The van der Waals surface area contributed by atoms with Gasteiger partial charge in [-0.15, -0.1) is 0 Å². The first-order valence-electron chi connectivity index (χ1n) is 9.97. The number of piperidine rings is 1. The van der Waals surface area contributed by atoms with Crippen molar-refractivity contribution in [3.63, 3.8) is 0 Å². The van der Waals surface area contributed by atoms with Crippen molar-refractivity contribution in [2.24, 2.45) is 17.1 Å². The fourth-order valence-corrected chi connectivity index (χ4v) is 4.11. The highest BCUT2D eigenvalue weighted by Crippen LogP contribution is 2.37. The molecule has 2 aromatic rings. The predicted octanol–water partition coefficient (Wildman–Crippen LogP) is 3.43. The fraction of sp³-hybridized carbons (Fsp3) is 0.435. The molecule has 0 bridgehead atoms. The maximum atomic E-state index is 12.6. The number of amides is 2. The van der Waals surface area contributed by atoms with E-state index in [1.807, 2.05) is 43.0 Å². The van der Waals surface area contributed by atoms with Crippen LogP contribution < -0.4 is 5.73 Å². The van der Waals surface area contributed by atoms with Gasteiger partial charge < -0.3 is 10.6 Å². The molecule has 1 saturated heterocycles. The minimum Gasteiger partial charge on any atom is -0.369 e. The van der Waals surface area contributed by atoms with Crippen LogP contribution >= 0.6 is 0 Å². The summed E-state index contributed by atoms with van der Waals surface area (Å²) in [5.74, 6) is 0.0895. The van der Waals surface area contributed by atoms with Gasteiger partial charge in [0.1, 0.15) is 0 Å². The van der Waals surface area contributed by atoms with Gasteiger partial charge in [-0.3, -0.25) is 14.6 Å². The van der Waals surface area contributed by atoms with Crippen LogP contribution in [-0.4, -0.2) is 34.8 Å². The quantitative estimate of drug-likeness (QED) is 0.835. The Morgan fingerprint density at radius 2 is 1.89 bits per heavy atom. The molecule has 0 saturated carbocycles. The van der Waals surface area contributed by atoms with Crippen molar-refractivity contribution in [1.29, 1.82) is 0 Å². The predicted molar refractivity (Wildman–Crippen MR) is 110 cm³/mol. The van der Waals surface area contributed by atoms with Crippen molar-refractivity contribution in [3.05, 3.63) is 54.4 Å². The Hall–Kier alpha value is -2.69. The molecule has 0 aliphatic carbocycles. The van der Waals surface area contributed by atoms with E-state index < -0.39 is 5.41 Å². The maximum Gasteiger partial charge on any atom is 0.225 e. The summed E-state index contributed by atoms with van der Waals surface area (Å²) in [6.45, 7) is 5.17. The van der Waals surface area contributed by atoms with Gasteiger partial charge in [-0.1, -0.05) is 38.1 Å². The summed E-state index contributed by atoms with van der Waals surface area (Å²) in [6, 6.07) is 12.0. The maximum absolute atomic E-state index is 12.6. The highest BCUT2D eigenvalue weighted by atomic mass is 16.2. The molecule has 1 aliphatic rings. The molecule has 5 heteroatoms. The minimum atomic E-state index is -0.728. The molecule has 1 atom stereocenters. The zero-order chi connectivity index (χ0) is 20.1. The molecule has 148 valence electrons. The van der Waals surface area contributed by atoms with E-state index in [0.29, 0.717) is 38.3 Å². The van der Waals surface area contributed by atoms with Crippen LogP contribution in [0.1, 0.15) is 38.7 Å². The molecular formula is C23H29N3O2. The number of rotatable bonds is 6. The van der Waals surface area contributed by atoms with E-state index in [1.165, 1.54) is 0 Å². The molecule has 28 heavy (non-hydrogen) atoms. The summed E-state index contributed by atoms with van der Waals surface area (Å²) in [6.07, 6.45) is 6.07. The lowest BCUT2D eigenvalue weighted by Gasteiger charge is -2.41. The van der Waals surface area contributed by atoms with Crippen molar-refractivity contribution in [2.75, 3.05) is 13.1 Å². The highest BCUT2D eigenvalue weighted by Gasteiger charge is 2.42. The standard InChI is InChI=1S/C23H29N3O2/c1-17(2)14-21(27)26-13-5-10-23(16-26,22(24)28)15-19-6-3-4-7-20(19)18-8-11-25-12-9-18/h3-4,6-9,11-12,17H,5,10,13-16H2,1-2H3,(H2,24,28)/t23-/m1/s1. The van der Waals surface area contributed by atoms with Crippen molar-refractivity contribution in [1.82, 2.24) is 9.88 Å². The summed E-state index contributed by atoms with van der Waals surface area (Å²) in [5.41, 5.74) is 8.41. The molecule has 0 unspecified atom stereocenters. The fourth-order valence-electron chi connectivity index (χ4n) is 4.11. The van der Waals surface area contributed by atoms with Gasteiger partial charge in [0.05, 0.1) is 5.41 Å². The largest absolute Gasteiger partial charge is 0.369 e. The van der Waals surface area contributed by atoms with Gasteiger partial charge in [0.15, 0.2) is 0 Å². The van der Waals surface area contributed by atoms with Crippen LogP contribution in [0.25, 0.3) is 11.1 Å². The third-order valence-electron chi connectivity index (χ3n) is 5.57. The summed E-state index contributed by atoms with van der Waals surface area (Å²) >= 11 is 0. The highest BCUT2D eigenvalue weighted by molar-refractivity contribution is 5.84. The number of aromatic nitrogens is 1. The monoisotopic (exact) mass is 379 g/mol. The molecule has 0 radical (unpaired) electrons. The number of carbonyl (C=O) groups is 2. The number of nitrogens with two attached hydrogens (primary N) is 1. The molecule has 2 amide bonds. The number of likely N-dealkylation sites (tertiary alicyclic amines) is 1. The molecule has 0 spiro atoms. The molecule has 1 aromatic heterocycles. The second-order valence-corrected chi connectivity index (χ2v) is 8.23. The molecule has 1 aliphatic heterocycles. The van der Waals surface area contributed by atoms with Crippen LogP contribution in [0.3, 0.4) is 0 Å². The summed E-state index contributed by atoms with van der Waals surface area (Å²) in [4.78, 5) is 31.1. The lowest BCUT2D eigenvalue weighted by Crippen LogP contribution is -2.53. The zero-order valence-electron chi connectivity index (χ0n) is 16.7. The second kappa shape index (κ2) is 8.55. The third kappa shape index (κ3) is 4.41. The number of carbonyl (C=O) groups excluding carboxylic acids is 2. The van der Waals surface area contributed by atoms with Gasteiger partial charge >= 0.3 is 0 Å². The summed E-state index contributed by atoms with van der Waals surface area (Å²) < 4.78 is 0. The van der Waals surface area contributed by atoms with Gasteiger partial charge in [-0.2, -0.15) is 0 Å². The SMILES string of the molecule is CC(C)CC(=O)N1CCC[C@](Cc2ccccc2-c2ccncc2)(C(N)=O)C1. The summed E-state index contributed by atoms with van der Waals surface area (Å²) in [5, 5.41) is 0. The van der Waals surface area contributed by atoms with Crippen LogP contribution in [0.2, 0.25) is 0 Å². The Morgan fingerprint density at radius 1 is 1.18 bits per heavy atom. The lowest BCUT2D eigenvalue weighted by atomic mass is 9.73. The minimum absolute atomic E-state index is 0.114. The number of pyridine rings is 1. The molecule has 2 N–H and O–H groups in total. The van der Waals surface area contributed by atoms with Gasteiger partial charge in [0.25, 0.3) is 0 Å². The molecule has 2 heterocycles. The van der Waals surface area contributed by atoms with Crippen LogP contribution in [0.15, 0.2) is 48.8 Å². The molecule has 5 nitrogen and oxygen atoms in total. The van der Waals surface area contributed by atoms with Crippen LogP contribution in [-0.2, 0) is 16.0 Å². The van der Waals surface area contributed by atoms with Crippen molar-refractivity contribution < 1.29 is 9.59 Å². The van der Waals surface area contributed by atoms with E-state index in [1.54, 1.807) is 12.4 Å². The Labute approximate surface area is 167 Å². The van der Waals surface area contributed by atoms with E-state index in [2.05, 4.69) is 17.1 Å². The second-order valence-electron chi connectivity index (χ2n) is 8.23. The Bertz CT molecular complexity index is 835. The van der Waals surface area contributed by atoms with Crippen LogP contribution in [0, 0.1) is 11.3 Å². The molecule has 1 aromatic carbocycles. The number of hydrogen-bond donors (Lipinski definition) is 1. The summed E-state index contributed by atoms with van der Waals surface area (Å²) in [7, 11) is 0. The Morgan fingerprint density at radius 3 is 2.57 bits per heavy atom. The van der Waals surface area contributed by atoms with Gasteiger partial charge in [0.2, 0.25) is 11.8 Å². The zero-order valence-corrected chi connectivity index (χ0v) is 16.7. The van der Waals surface area contributed by atoms with Gasteiger partial charge in [-0.05, 0) is 54.0 Å². The van der Waals surface area contributed by atoms with Crippen LogP contribution in [0.5, 0.6) is 0 Å². The number of benzene rings is 1. The average Bonchev–Trinajstić information content (AvgIpc) is 2.68. The van der Waals surface area contributed by atoms with Crippen molar-refractivity contribution in [2.45, 2.75) is 39.5 Å². The molecular weight excluding hydrogens is 350 g/mol. The molecule has 3 rings (SSSR count). The third-order valence-corrected chi connectivity index (χ3v) is 5.57. The first-order chi connectivity index (χ1) is 13.4. The average molecular weight is 380 g/mol. The van der Waals surface area contributed by atoms with Gasteiger partial charge in [0, 0.05) is 31.9 Å². The van der Waals surface area contributed by atoms with E-state index in [9.17, 15) is 9.59 Å².